The fraction of sp³-hybridized carbons (Fsp3) is 0.400. The number of quaternary nitrogens is 1. The molecule has 0 spiro atoms. The summed E-state index contributed by atoms with van der Waals surface area (Å²) in [7, 11) is 0. The third-order valence-corrected chi connectivity index (χ3v) is 0.977. The van der Waals surface area contributed by atoms with Gasteiger partial charge in [-0.3, -0.25) is 0 Å². The Kier molecular flexibility index (Phi) is 3.73. The Bertz CT molecular complexity index is 97.0. The first-order chi connectivity index (χ1) is 3.43. The zero-order valence-corrected chi connectivity index (χ0v) is 6.35. The lowest BCUT2D eigenvalue weighted by Crippen LogP contribution is -3.01. The van der Waals surface area contributed by atoms with Crippen LogP contribution < -0.4 is 22.0 Å². The van der Waals surface area contributed by atoms with Gasteiger partial charge < -0.3 is 17.0 Å². The zero-order chi connectivity index (χ0) is 5.11. The fourth-order valence-corrected chi connectivity index (χ4v) is 0.545. The van der Waals surface area contributed by atoms with Gasteiger partial charge >= 0.3 is 0 Å². The van der Waals surface area contributed by atoms with Gasteiger partial charge in [-0.25, -0.2) is 0 Å². The molecular weight excluding hydrogens is 168 g/mol. The van der Waals surface area contributed by atoms with E-state index in [1.807, 2.05) is 18.5 Å². The number of hydrogen-bond donors (Lipinski definition) is 1. The summed E-state index contributed by atoms with van der Waals surface area (Å²) in [5.74, 6) is 0. The molecule has 0 aromatic rings. The Morgan fingerprint density at radius 1 is 1.62 bits per heavy atom. The van der Waals surface area contributed by atoms with Crippen molar-refractivity contribution in [2.75, 3.05) is 6.54 Å². The molecule has 8 heavy (non-hydrogen) atoms. The van der Waals surface area contributed by atoms with Crippen LogP contribution in [0.15, 0.2) is 17.4 Å². The molecule has 1 aliphatic heterocycles. The largest absolute Gasteiger partial charge is 1.00 e. The van der Waals surface area contributed by atoms with Crippen LogP contribution in [0, 0.1) is 0 Å². The molecule has 0 fully saturated rings. The van der Waals surface area contributed by atoms with E-state index in [1.54, 1.807) is 0 Å². The van der Waals surface area contributed by atoms with Gasteiger partial charge in [0.1, 0.15) is 12.7 Å². The summed E-state index contributed by atoms with van der Waals surface area (Å²) >= 11 is 0. The fourth-order valence-electron chi connectivity index (χ4n) is 0.545. The molecular formula is C5H9BrN2. The van der Waals surface area contributed by atoms with Crippen molar-refractivity contribution in [2.24, 2.45) is 5.10 Å². The standard InChI is InChI=1S/C5H8N2.BrH/c1-2-7-5-3-4-6-7;/h3-5H,2H2,1H3;1H. The first kappa shape index (κ1) is 7.85. The summed E-state index contributed by atoms with van der Waals surface area (Å²) in [6.07, 6.45) is 5.80. The van der Waals surface area contributed by atoms with E-state index in [9.17, 15) is 0 Å². The summed E-state index contributed by atoms with van der Waals surface area (Å²) in [6, 6.07) is 0. The van der Waals surface area contributed by atoms with E-state index in [0.29, 0.717) is 0 Å². The minimum absolute atomic E-state index is 0. The van der Waals surface area contributed by atoms with Gasteiger partial charge in [-0.2, -0.15) is 5.01 Å². The van der Waals surface area contributed by atoms with E-state index >= 15 is 0 Å². The van der Waals surface area contributed by atoms with E-state index in [4.69, 9.17) is 0 Å². The maximum absolute atomic E-state index is 4.03. The average Bonchev–Trinajstić information content (AvgIpc) is 2.14. The van der Waals surface area contributed by atoms with Gasteiger partial charge in [0.05, 0.1) is 6.21 Å². The van der Waals surface area contributed by atoms with E-state index in [1.165, 1.54) is 5.01 Å². The van der Waals surface area contributed by atoms with Gasteiger partial charge in [0, 0.05) is 6.08 Å². The number of halogens is 1. The number of nitrogens with zero attached hydrogens (tertiary/aromatic N) is 1. The minimum Gasteiger partial charge on any atom is -1.00 e. The van der Waals surface area contributed by atoms with E-state index in [0.717, 1.165) is 6.54 Å². The highest BCUT2D eigenvalue weighted by Gasteiger charge is 1.98. The van der Waals surface area contributed by atoms with Crippen molar-refractivity contribution in [1.82, 2.24) is 0 Å². The summed E-state index contributed by atoms with van der Waals surface area (Å²) in [6.45, 7) is 3.15. The maximum atomic E-state index is 4.03. The molecule has 0 amide bonds. The first-order valence-electron chi connectivity index (χ1n) is 2.50. The summed E-state index contributed by atoms with van der Waals surface area (Å²) < 4.78 is 0. The second-order valence-corrected chi connectivity index (χ2v) is 1.48. The molecule has 2 nitrogen and oxygen atoms in total. The van der Waals surface area contributed by atoms with Crippen molar-refractivity contribution in [3.05, 3.63) is 12.3 Å². The minimum atomic E-state index is 0. The summed E-state index contributed by atoms with van der Waals surface area (Å²) in [5.41, 5.74) is 0. The molecule has 1 aliphatic rings. The molecule has 1 unspecified atom stereocenters. The molecule has 0 aromatic carbocycles. The number of hydrogen-bond acceptors (Lipinski definition) is 1. The average molecular weight is 177 g/mol. The van der Waals surface area contributed by atoms with Crippen molar-refractivity contribution >= 4 is 6.21 Å². The normalized spacial score (nSPS) is 23.4. The SMILES string of the molecule is CC[NH+]1C=CC=N1.[Br-]. The van der Waals surface area contributed by atoms with Crippen molar-refractivity contribution in [2.45, 2.75) is 6.92 Å². The van der Waals surface area contributed by atoms with Crippen LogP contribution >= 0.6 is 0 Å². The zero-order valence-electron chi connectivity index (χ0n) is 4.76. The Hall–Kier alpha value is -0.150. The molecule has 0 aromatic heterocycles. The quantitative estimate of drug-likeness (QED) is 0.426. The van der Waals surface area contributed by atoms with Gasteiger partial charge in [-0.15, -0.1) is 0 Å². The highest BCUT2D eigenvalue weighted by molar-refractivity contribution is 5.70. The number of rotatable bonds is 1. The molecule has 1 atom stereocenters. The van der Waals surface area contributed by atoms with Crippen molar-refractivity contribution in [3.8, 4) is 0 Å². The lowest BCUT2D eigenvalue weighted by Gasteiger charge is -1.95. The van der Waals surface area contributed by atoms with E-state index in [2.05, 4.69) is 12.0 Å². The monoisotopic (exact) mass is 176 g/mol. The Labute approximate surface area is 59.6 Å². The molecule has 0 saturated heterocycles. The Morgan fingerprint density at radius 2 is 2.38 bits per heavy atom. The summed E-state index contributed by atoms with van der Waals surface area (Å²) in [4.78, 5) is 0. The predicted octanol–water partition coefficient (Wildman–Crippen LogP) is -3.59. The topological polar surface area (TPSA) is 16.8 Å². The molecule has 46 valence electrons. The maximum Gasteiger partial charge on any atom is 0.122 e. The van der Waals surface area contributed by atoms with Gasteiger partial charge in [-0.05, 0) is 6.92 Å². The highest BCUT2D eigenvalue weighted by atomic mass is 79.9. The number of allylic oxidation sites excluding steroid dienone is 1. The Balaban J connectivity index is 0.000000490. The third-order valence-electron chi connectivity index (χ3n) is 0.977. The van der Waals surface area contributed by atoms with Crippen LogP contribution in [-0.2, 0) is 0 Å². The third kappa shape index (κ3) is 1.76. The van der Waals surface area contributed by atoms with Crippen LogP contribution in [0.2, 0.25) is 0 Å². The molecule has 0 bridgehead atoms. The van der Waals surface area contributed by atoms with Gasteiger partial charge in [-0.1, -0.05) is 5.10 Å². The van der Waals surface area contributed by atoms with Gasteiger partial charge in [0.25, 0.3) is 0 Å². The van der Waals surface area contributed by atoms with Crippen molar-refractivity contribution < 1.29 is 22.0 Å². The van der Waals surface area contributed by atoms with Crippen LogP contribution in [0.3, 0.4) is 0 Å². The summed E-state index contributed by atoms with van der Waals surface area (Å²) in [5, 5.41) is 5.22. The van der Waals surface area contributed by atoms with E-state index in [-0.39, 0.29) is 17.0 Å². The Morgan fingerprint density at radius 3 is 2.62 bits per heavy atom. The molecule has 1 heterocycles. The molecule has 0 aliphatic carbocycles. The molecule has 1 N–H and O–H groups in total. The predicted molar refractivity (Wildman–Crippen MR) is 29.1 cm³/mol. The van der Waals surface area contributed by atoms with Crippen LogP contribution in [0.5, 0.6) is 0 Å². The molecule has 0 radical (unpaired) electrons. The molecule has 1 rings (SSSR count). The second-order valence-electron chi connectivity index (χ2n) is 1.48. The van der Waals surface area contributed by atoms with Crippen molar-refractivity contribution in [1.29, 1.82) is 0 Å². The lowest BCUT2D eigenvalue weighted by atomic mass is 10.6. The molecule has 0 saturated carbocycles. The van der Waals surface area contributed by atoms with Crippen LogP contribution in [0.25, 0.3) is 0 Å². The van der Waals surface area contributed by atoms with Crippen LogP contribution in [0.4, 0.5) is 0 Å². The van der Waals surface area contributed by atoms with Gasteiger partial charge in [0.15, 0.2) is 0 Å². The first-order valence-corrected chi connectivity index (χ1v) is 2.50. The van der Waals surface area contributed by atoms with Crippen LogP contribution in [0.1, 0.15) is 6.92 Å². The lowest BCUT2D eigenvalue weighted by molar-refractivity contribution is -0.849. The van der Waals surface area contributed by atoms with E-state index < -0.39 is 0 Å². The smallest absolute Gasteiger partial charge is 0.122 e. The molecule has 3 heteroatoms. The number of nitrogens with one attached hydrogen (secondary N) is 1. The highest BCUT2D eigenvalue weighted by Crippen LogP contribution is 1.64. The van der Waals surface area contributed by atoms with Gasteiger partial charge in [0.2, 0.25) is 0 Å². The van der Waals surface area contributed by atoms with Crippen molar-refractivity contribution in [3.63, 3.8) is 0 Å². The van der Waals surface area contributed by atoms with Crippen LogP contribution in [-0.4, -0.2) is 12.8 Å². The second kappa shape index (κ2) is 3.80.